The van der Waals surface area contributed by atoms with Gasteiger partial charge in [-0.15, -0.1) is 0 Å². The SMILES string of the molecule is COCCN1Cc2nccn2CC(CNC(=O)c2cnccn2)C1. The van der Waals surface area contributed by atoms with Crippen LogP contribution in [-0.4, -0.2) is 63.7 Å². The quantitative estimate of drug-likeness (QED) is 0.813. The fraction of sp³-hybridized carbons (Fsp3) is 0.500. The normalized spacial score (nSPS) is 18.0. The lowest BCUT2D eigenvalue weighted by Gasteiger charge is -2.23. The molecule has 1 amide bonds. The summed E-state index contributed by atoms with van der Waals surface area (Å²) in [6, 6.07) is 0. The standard InChI is InChI=1S/C16H22N6O2/c1-24-7-6-21-10-13(11-22-5-4-19-15(22)12-21)8-20-16(23)14-9-17-2-3-18-14/h2-5,9,13H,6-8,10-12H2,1H3,(H,20,23). The van der Waals surface area contributed by atoms with Gasteiger partial charge in [-0.3, -0.25) is 14.7 Å². The van der Waals surface area contributed by atoms with E-state index in [-0.39, 0.29) is 11.8 Å². The Hall–Kier alpha value is -2.32. The van der Waals surface area contributed by atoms with Crippen molar-refractivity contribution in [1.29, 1.82) is 0 Å². The van der Waals surface area contributed by atoms with Crippen molar-refractivity contribution >= 4 is 5.91 Å². The van der Waals surface area contributed by atoms with E-state index in [1.54, 1.807) is 13.3 Å². The first kappa shape index (κ1) is 16.5. The Morgan fingerprint density at radius 1 is 1.33 bits per heavy atom. The number of amides is 1. The van der Waals surface area contributed by atoms with E-state index in [2.05, 4.69) is 29.7 Å². The third-order valence-electron chi connectivity index (χ3n) is 4.10. The van der Waals surface area contributed by atoms with Gasteiger partial charge in [0.15, 0.2) is 0 Å². The molecule has 8 nitrogen and oxygen atoms in total. The van der Waals surface area contributed by atoms with E-state index in [9.17, 15) is 4.79 Å². The van der Waals surface area contributed by atoms with Crippen molar-refractivity contribution in [3.05, 3.63) is 42.5 Å². The molecule has 128 valence electrons. The monoisotopic (exact) mass is 330 g/mol. The highest BCUT2D eigenvalue weighted by atomic mass is 16.5. The summed E-state index contributed by atoms with van der Waals surface area (Å²) in [6.45, 7) is 4.62. The second-order valence-corrected chi connectivity index (χ2v) is 5.89. The third kappa shape index (κ3) is 4.15. The molecule has 1 N–H and O–H groups in total. The van der Waals surface area contributed by atoms with Crippen molar-refractivity contribution in [2.75, 3.05) is 33.4 Å². The molecule has 1 atom stereocenters. The molecule has 0 radical (unpaired) electrons. The number of nitrogens with zero attached hydrogens (tertiary/aromatic N) is 5. The lowest BCUT2D eigenvalue weighted by Crippen LogP contribution is -2.37. The minimum atomic E-state index is -0.193. The summed E-state index contributed by atoms with van der Waals surface area (Å²) in [5.41, 5.74) is 0.339. The zero-order valence-corrected chi connectivity index (χ0v) is 13.8. The molecule has 1 unspecified atom stereocenters. The number of nitrogens with one attached hydrogen (secondary N) is 1. The Morgan fingerprint density at radius 2 is 2.25 bits per heavy atom. The van der Waals surface area contributed by atoms with Crippen LogP contribution >= 0.6 is 0 Å². The summed E-state index contributed by atoms with van der Waals surface area (Å²) in [5, 5.41) is 2.96. The summed E-state index contributed by atoms with van der Waals surface area (Å²) in [4.78, 5) is 26.9. The zero-order chi connectivity index (χ0) is 16.8. The largest absolute Gasteiger partial charge is 0.383 e. The number of carbonyl (C=O) groups is 1. The van der Waals surface area contributed by atoms with E-state index < -0.39 is 0 Å². The van der Waals surface area contributed by atoms with Gasteiger partial charge in [0.05, 0.1) is 19.3 Å². The van der Waals surface area contributed by atoms with Crippen molar-refractivity contribution in [2.45, 2.75) is 13.1 Å². The lowest BCUT2D eigenvalue weighted by atomic mass is 10.1. The zero-order valence-electron chi connectivity index (χ0n) is 13.8. The Bertz CT molecular complexity index is 660. The number of hydrogen-bond acceptors (Lipinski definition) is 6. The Labute approximate surface area is 140 Å². The number of rotatable bonds is 6. The maximum atomic E-state index is 12.2. The van der Waals surface area contributed by atoms with Crippen molar-refractivity contribution < 1.29 is 9.53 Å². The first-order valence-electron chi connectivity index (χ1n) is 8.01. The minimum Gasteiger partial charge on any atom is -0.383 e. The highest BCUT2D eigenvalue weighted by Crippen LogP contribution is 2.15. The predicted molar refractivity (Wildman–Crippen MR) is 87.2 cm³/mol. The molecule has 0 bridgehead atoms. The molecule has 3 heterocycles. The van der Waals surface area contributed by atoms with E-state index in [1.807, 2.05) is 12.4 Å². The van der Waals surface area contributed by atoms with Gasteiger partial charge in [0, 0.05) is 64.0 Å². The highest BCUT2D eigenvalue weighted by Gasteiger charge is 2.22. The fourth-order valence-corrected chi connectivity index (χ4v) is 2.89. The Morgan fingerprint density at radius 3 is 3.04 bits per heavy atom. The summed E-state index contributed by atoms with van der Waals surface area (Å²) >= 11 is 0. The van der Waals surface area contributed by atoms with E-state index in [1.165, 1.54) is 12.4 Å². The molecule has 1 aliphatic heterocycles. The van der Waals surface area contributed by atoms with Crippen molar-refractivity contribution in [3.63, 3.8) is 0 Å². The van der Waals surface area contributed by atoms with Gasteiger partial charge in [-0.2, -0.15) is 0 Å². The molecule has 0 aliphatic carbocycles. The molecule has 2 aromatic heterocycles. The number of methoxy groups -OCH3 is 1. The van der Waals surface area contributed by atoms with Crippen LogP contribution in [0.5, 0.6) is 0 Å². The van der Waals surface area contributed by atoms with Crippen LogP contribution in [-0.2, 0) is 17.8 Å². The van der Waals surface area contributed by atoms with Gasteiger partial charge in [0.1, 0.15) is 11.5 Å². The number of ether oxygens (including phenoxy) is 1. The average Bonchev–Trinajstić information content (AvgIpc) is 2.97. The van der Waals surface area contributed by atoms with Crippen LogP contribution in [0.1, 0.15) is 16.3 Å². The number of aromatic nitrogens is 4. The van der Waals surface area contributed by atoms with Gasteiger partial charge in [-0.25, -0.2) is 9.97 Å². The van der Waals surface area contributed by atoms with Crippen LogP contribution < -0.4 is 5.32 Å². The van der Waals surface area contributed by atoms with Crippen molar-refractivity contribution in [3.8, 4) is 0 Å². The molecule has 0 saturated heterocycles. The van der Waals surface area contributed by atoms with E-state index >= 15 is 0 Å². The summed E-state index contributed by atoms with van der Waals surface area (Å²) in [7, 11) is 1.71. The van der Waals surface area contributed by atoms with E-state index in [4.69, 9.17) is 4.74 Å². The van der Waals surface area contributed by atoms with Gasteiger partial charge in [-0.1, -0.05) is 0 Å². The fourth-order valence-electron chi connectivity index (χ4n) is 2.89. The smallest absolute Gasteiger partial charge is 0.271 e. The van der Waals surface area contributed by atoms with Gasteiger partial charge in [0.25, 0.3) is 5.91 Å². The van der Waals surface area contributed by atoms with E-state index in [0.29, 0.717) is 18.8 Å². The van der Waals surface area contributed by atoms with Crippen LogP contribution in [0.4, 0.5) is 0 Å². The highest BCUT2D eigenvalue weighted by molar-refractivity contribution is 5.91. The maximum Gasteiger partial charge on any atom is 0.271 e. The second kappa shape index (κ2) is 7.98. The van der Waals surface area contributed by atoms with Crippen LogP contribution in [0, 0.1) is 5.92 Å². The minimum absolute atomic E-state index is 0.193. The Kier molecular flexibility index (Phi) is 5.50. The van der Waals surface area contributed by atoms with E-state index in [0.717, 1.165) is 32.0 Å². The van der Waals surface area contributed by atoms with Crippen LogP contribution in [0.2, 0.25) is 0 Å². The second-order valence-electron chi connectivity index (χ2n) is 5.89. The molecule has 1 aliphatic rings. The lowest BCUT2D eigenvalue weighted by molar-refractivity contribution is 0.0930. The molecule has 0 saturated carbocycles. The molecule has 0 spiro atoms. The molecular weight excluding hydrogens is 308 g/mol. The van der Waals surface area contributed by atoms with Crippen LogP contribution in [0.15, 0.2) is 31.0 Å². The Balaban J connectivity index is 1.62. The number of hydrogen-bond donors (Lipinski definition) is 1. The summed E-state index contributed by atoms with van der Waals surface area (Å²) in [6.07, 6.45) is 8.36. The predicted octanol–water partition coefficient (Wildman–Crippen LogP) is 0.181. The average molecular weight is 330 g/mol. The van der Waals surface area contributed by atoms with Gasteiger partial charge in [0.2, 0.25) is 0 Å². The first-order chi connectivity index (χ1) is 11.8. The van der Waals surface area contributed by atoms with Crippen LogP contribution in [0.25, 0.3) is 0 Å². The topological polar surface area (TPSA) is 85.2 Å². The van der Waals surface area contributed by atoms with Crippen molar-refractivity contribution in [1.82, 2.24) is 29.7 Å². The third-order valence-corrected chi connectivity index (χ3v) is 4.10. The number of imidazole rings is 1. The molecule has 0 fully saturated rings. The first-order valence-corrected chi connectivity index (χ1v) is 8.01. The van der Waals surface area contributed by atoms with Gasteiger partial charge < -0.3 is 14.6 Å². The molecule has 24 heavy (non-hydrogen) atoms. The molecule has 3 rings (SSSR count). The van der Waals surface area contributed by atoms with Gasteiger partial charge >= 0.3 is 0 Å². The molecular formula is C16H22N6O2. The van der Waals surface area contributed by atoms with Crippen LogP contribution in [0.3, 0.4) is 0 Å². The summed E-state index contributed by atoms with van der Waals surface area (Å²) < 4.78 is 7.35. The molecule has 8 heteroatoms. The van der Waals surface area contributed by atoms with Gasteiger partial charge in [-0.05, 0) is 0 Å². The molecule has 0 aromatic carbocycles. The molecule has 2 aromatic rings. The van der Waals surface area contributed by atoms with Crippen molar-refractivity contribution in [2.24, 2.45) is 5.92 Å². The number of fused-ring (bicyclic) bond motifs is 1. The maximum absolute atomic E-state index is 12.2. The summed E-state index contributed by atoms with van der Waals surface area (Å²) in [5.74, 6) is 1.15. The number of carbonyl (C=O) groups excluding carboxylic acids is 1.